The molecule has 4 rings (SSSR count). The Kier molecular flexibility index (Phi) is 6.46. The zero-order chi connectivity index (χ0) is 25.4. The van der Waals surface area contributed by atoms with Crippen molar-refractivity contribution < 1.29 is 42.5 Å². The number of hydrogen-bond acceptors (Lipinski definition) is 5. The summed E-state index contributed by atoms with van der Waals surface area (Å²) >= 11 is 0. The van der Waals surface area contributed by atoms with Crippen LogP contribution in [-0.4, -0.2) is 70.6 Å². The van der Waals surface area contributed by atoms with Gasteiger partial charge in [-0.15, -0.1) is 0 Å². The van der Waals surface area contributed by atoms with E-state index >= 15 is 0 Å². The van der Waals surface area contributed by atoms with E-state index in [4.69, 9.17) is 9.84 Å². The van der Waals surface area contributed by atoms with Gasteiger partial charge in [0.05, 0.1) is 0 Å². The third-order valence-electron chi connectivity index (χ3n) is 6.48. The maximum absolute atomic E-state index is 13.6. The average molecular weight is 492 g/mol. The predicted octanol–water partition coefficient (Wildman–Crippen LogP) is 2.89. The molecule has 0 bridgehead atoms. The van der Waals surface area contributed by atoms with Crippen molar-refractivity contribution in [3.05, 3.63) is 59.7 Å². The van der Waals surface area contributed by atoms with Crippen LogP contribution in [0.5, 0.6) is 0 Å². The van der Waals surface area contributed by atoms with Crippen LogP contribution in [0.15, 0.2) is 48.5 Å². The second kappa shape index (κ2) is 9.21. The number of aliphatic hydroxyl groups is 1. The average Bonchev–Trinajstić information content (AvgIpc) is 3.14. The standard InChI is InChI=1S/C24H23F3N2O6/c25-24(26,27)19(20(30)29-11-9-23(34,10-12-29)21(31)32)28-22(33)35-13-18-16-7-3-1-5-14(16)15-6-2-4-8-17(15)18/h1-8,18-19,34H,9-13H2,(H,28,33)(H,31,32). The van der Waals surface area contributed by atoms with Crippen molar-refractivity contribution in [1.29, 1.82) is 0 Å². The van der Waals surface area contributed by atoms with Gasteiger partial charge < -0.3 is 25.2 Å². The van der Waals surface area contributed by atoms with E-state index in [1.807, 2.05) is 48.5 Å². The van der Waals surface area contributed by atoms with Gasteiger partial charge in [0, 0.05) is 31.8 Å². The Bertz CT molecular complexity index is 1100. The summed E-state index contributed by atoms with van der Waals surface area (Å²) in [6.07, 6.45) is -7.36. The van der Waals surface area contributed by atoms with E-state index in [0.29, 0.717) is 0 Å². The fourth-order valence-corrected chi connectivity index (χ4v) is 4.53. The molecule has 35 heavy (non-hydrogen) atoms. The molecular weight excluding hydrogens is 469 g/mol. The number of carbonyl (C=O) groups is 3. The highest BCUT2D eigenvalue weighted by Gasteiger charge is 2.50. The molecule has 0 spiro atoms. The van der Waals surface area contributed by atoms with E-state index in [2.05, 4.69) is 0 Å². The van der Waals surface area contributed by atoms with Crippen LogP contribution in [0, 0.1) is 0 Å². The van der Waals surface area contributed by atoms with Gasteiger partial charge >= 0.3 is 18.2 Å². The Hall–Kier alpha value is -3.60. The number of halogens is 3. The summed E-state index contributed by atoms with van der Waals surface area (Å²) in [5.41, 5.74) is 1.55. The van der Waals surface area contributed by atoms with Crippen LogP contribution in [-0.2, 0) is 14.3 Å². The molecule has 1 atom stereocenters. The lowest BCUT2D eigenvalue weighted by molar-refractivity contribution is -0.180. The summed E-state index contributed by atoms with van der Waals surface area (Å²) in [6.45, 7) is -1.03. The smallest absolute Gasteiger partial charge is 0.417 e. The number of carbonyl (C=O) groups excluding carboxylic acids is 2. The van der Waals surface area contributed by atoms with Gasteiger partial charge in [-0.25, -0.2) is 9.59 Å². The highest BCUT2D eigenvalue weighted by molar-refractivity contribution is 5.87. The fourth-order valence-electron chi connectivity index (χ4n) is 4.53. The number of carboxylic acid groups (broad SMARTS) is 1. The van der Waals surface area contributed by atoms with Gasteiger partial charge in [-0.05, 0) is 22.3 Å². The number of hydrogen-bond donors (Lipinski definition) is 3. The number of benzene rings is 2. The molecule has 3 N–H and O–H groups in total. The number of ether oxygens (including phenoxy) is 1. The van der Waals surface area contributed by atoms with Crippen LogP contribution in [0.25, 0.3) is 11.1 Å². The molecule has 2 aromatic rings. The molecule has 2 aliphatic rings. The maximum Gasteiger partial charge on any atom is 0.417 e. The molecule has 186 valence electrons. The SMILES string of the molecule is O=C(NC(C(=O)N1CCC(O)(C(=O)O)CC1)C(F)(F)F)OCC1c2ccccc2-c2ccccc21. The van der Waals surface area contributed by atoms with Crippen molar-refractivity contribution in [2.75, 3.05) is 19.7 Å². The van der Waals surface area contributed by atoms with Crippen LogP contribution < -0.4 is 5.32 Å². The number of nitrogens with one attached hydrogen (secondary N) is 1. The van der Waals surface area contributed by atoms with Crippen LogP contribution in [0.1, 0.15) is 29.9 Å². The number of rotatable bonds is 5. The van der Waals surface area contributed by atoms with Gasteiger partial charge in [0.1, 0.15) is 6.61 Å². The number of likely N-dealkylation sites (tertiary alicyclic amines) is 1. The first kappa shape index (κ1) is 24.5. The second-order valence-electron chi connectivity index (χ2n) is 8.61. The summed E-state index contributed by atoms with van der Waals surface area (Å²) in [4.78, 5) is 36.8. The highest BCUT2D eigenvalue weighted by Crippen LogP contribution is 2.44. The van der Waals surface area contributed by atoms with E-state index in [1.54, 1.807) is 5.32 Å². The topological polar surface area (TPSA) is 116 Å². The van der Waals surface area contributed by atoms with Crippen LogP contribution in [0.3, 0.4) is 0 Å². The third-order valence-corrected chi connectivity index (χ3v) is 6.48. The summed E-state index contributed by atoms with van der Waals surface area (Å²) in [6, 6.07) is 12.0. The molecule has 0 radical (unpaired) electrons. The van der Waals surface area contributed by atoms with Crippen LogP contribution in [0.4, 0.5) is 18.0 Å². The first-order chi connectivity index (χ1) is 16.5. The van der Waals surface area contributed by atoms with Crippen LogP contribution >= 0.6 is 0 Å². The lowest BCUT2D eigenvalue weighted by atomic mass is 9.91. The fraction of sp³-hybridized carbons (Fsp3) is 0.375. The van der Waals surface area contributed by atoms with Crippen molar-refractivity contribution in [2.45, 2.75) is 36.6 Å². The monoisotopic (exact) mass is 492 g/mol. The number of fused-ring (bicyclic) bond motifs is 3. The first-order valence-electron chi connectivity index (χ1n) is 10.9. The van der Waals surface area contributed by atoms with Crippen molar-refractivity contribution in [3.63, 3.8) is 0 Å². The number of piperidine rings is 1. The molecule has 1 fully saturated rings. The molecule has 1 unspecified atom stereocenters. The molecule has 11 heteroatoms. The Morgan fingerprint density at radius 3 is 2.03 bits per heavy atom. The summed E-state index contributed by atoms with van der Waals surface area (Å²) in [5, 5.41) is 20.6. The summed E-state index contributed by atoms with van der Waals surface area (Å²) < 4.78 is 46.0. The molecule has 1 saturated heterocycles. The number of alkyl carbamates (subject to hydrolysis) is 1. The molecule has 1 aliphatic heterocycles. The van der Waals surface area contributed by atoms with E-state index in [1.165, 1.54) is 0 Å². The van der Waals surface area contributed by atoms with Gasteiger partial charge in [-0.1, -0.05) is 48.5 Å². The Morgan fingerprint density at radius 2 is 1.54 bits per heavy atom. The summed E-state index contributed by atoms with van der Waals surface area (Å²) in [5.74, 6) is -3.32. The van der Waals surface area contributed by atoms with E-state index in [9.17, 15) is 32.7 Å². The first-order valence-corrected chi connectivity index (χ1v) is 10.9. The highest BCUT2D eigenvalue weighted by atomic mass is 19.4. The molecule has 0 saturated carbocycles. The molecule has 2 amide bonds. The number of nitrogens with zero attached hydrogens (tertiary/aromatic N) is 1. The zero-order valence-corrected chi connectivity index (χ0v) is 18.4. The third kappa shape index (κ3) is 4.81. The number of alkyl halides is 3. The zero-order valence-electron chi connectivity index (χ0n) is 18.4. The molecule has 1 heterocycles. The van der Waals surface area contributed by atoms with Crippen molar-refractivity contribution in [2.24, 2.45) is 0 Å². The summed E-state index contributed by atoms with van der Waals surface area (Å²) in [7, 11) is 0. The van der Waals surface area contributed by atoms with Gasteiger partial charge in [-0.3, -0.25) is 4.79 Å². The van der Waals surface area contributed by atoms with E-state index in [-0.39, 0.29) is 12.5 Å². The Labute approximate surface area is 198 Å². The molecule has 8 nitrogen and oxygen atoms in total. The van der Waals surface area contributed by atoms with Crippen molar-refractivity contribution in [1.82, 2.24) is 10.2 Å². The van der Waals surface area contributed by atoms with E-state index in [0.717, 1.165) is 27.2 Å². The lowest BCUT2D eigenvalue weighted by Gasteiger charge is -2.37. The minimum absolute atomic E-state index is 0.228. The van der Waals surface area contributed by atoms with Gasteiger partial charge in [0.25, 0.3) is 5.91 Å². The van der Waals surface area contributed by atoms with Gasteiger partial charge in [0.2, 0.25) is 6.04 Å². The molecule has 2 aromatic carbocycles. The minimum Gasteiger partial charge on any atom is -0.479 e. The molecule has 1 aliphatic carbocycles. The normalized spacial score (nSPS) is 17.8. The molecule has 0 aromatic heterocycles. The minimum atomic E-state index is -5.11. The largest absolute Gasteiger partial charge is 0.479 e. The number of amides is 2. The quantitative estimate of drug-likeness (QED) is 0.591. The predicted molar refractivity (Wildman–Crippen MR) is 116 cm³/mol. The molecular formula is C24H23F3N2O6. The van der Waals surface area contributed by atoms with Gasteiger partial charge in [0.15, 0.2) is 5.60 Å². The second-order valence-corrected chi connectivity index (χ2v) is 8.61. The number of aliphatic carboxylic acids is 1. The lowest BCUT2D eigenvalue weighted by Crippen LogP contribution is -2.59. The number of carboxylic acids is 1. The Balaban J connectivity index is 1.42. The van der Waals surface area contributed by atoms with Crippen molar-refractivity contribution >= 4 is 18.0 Å². The van der Waals surface area contributed by atoms with Gasteiger partial charge in [-0.2, -0.15) is 13.2 Å². The van der Waals surface area contributed by atoms with Crippen LogP contribution in [0.2, 0.25) is 0 Å². The maximum atomic E-state index is 13.6. The van der Waals surface area contributed by atoms with Crippen molar-refractivity contribution in [3.8, 4) is 11.1 Å². The Morgan fingerprint density at radius 1 is 1.03 bits per heavy atom. The van der Waals surface area contributed by atoms with E-state index < -0.39 is 61.7 Å².